The molecule has 0 bridgehead atoms. The van der Waals surface area contributed by atoms with Gasteiger partial charge in [-0.05, 0) is 35.9 Å². The maximum absolute atomic E-state index is 13.6. The summed E-state index contributed by atoms with van der Waals surface area (Å²) in [6.07, 6.45) is 0. The Labute approximate surface area is 120 Å². The lowest BCUT2D eigenvalue weighted by molar-refractivity contribution is 0.102. The van der Waals surface area contributed by atoms with Crippen molar-refractivity contribution in [1.82, 2.24) is 0 Å². The first-order valence-corrected chi connectivity index (χ1v) is 6.42. The number of hydrogen-bond donors (Lipinski definition) is 1. The lowest BCUT2D eigenvalue weighted by Crippen LogP contribution is -2.13. The van der Waals surface area contributed by atoms with Gasteiger partial charge in [0.25, 0.3) is 5.91 Å². The Morgan fingerprint density at radius 1 is 1.21 bits per heavy atom. The van der Waals surface area contributed by atoms with E-state index in [1.165, 1.54) is 12.1 Å². The van der Waals surface area contributed by atoms with Crippen LogP contribution in [0.5, 0.6) is 0 Å². The lowest BCUT2D eigenvalue weighted by atomic mass is 10.1. The maximum Gasteiger partial charge on any atom is 0.258 e. The molecule has 0 radical (unpaired) electrons. The molecule has 0 heterocycles. The minimum absolute atomic E-state index is 0.0549. The summed E-state index contributed by atoms with van der Waals surface area (Å²) in [6, 6.07) is 11.0. The van der Waals surface area contributed by atoms with Crippen LogP contribution in [0, 0.1) is 5.82 Å². The highest BCUT2D eigenvalue weighted by molar-refractivity contribution is 6.30. The monoisotopic (exact) mass is 297 g/mol. The normalized spacial score (nSPS) is 10.3. The van der Waals surface area contributed by atoms with Gasteiger partial charge in [0.2, 0.25) is 0 Å². The number of benzene rings is 2. The summed E-state index contributed by atoms with van der Waals surface area (Å²) >= 11 is 11.3. The largest absolute Gasteiger partial charge is 0.322 e. The number of alkyl halides is 1. The predicted octanol–water partition coefficient (Wildman–Crippen LogP) is 4.47. The van der Waals surface area contributed by atoms with Crippen LogP contribution in [0.4, 0.5) is 10.1 Å². The molecule has 0 aliphatic heterocycles. The average Bonchev–Trinajstić information content (AvgIpc) is 2.38. The van der Waals surface area contributed by atoms with E-state index in [9.17, 15) is 9.18 Å². The Hall–Kier alpha value is -1.58. The number of anilines is 1. The fourth-order valence-corrected chi connectivity index (χ4v) is 1.93. The van der Waals surface area contributed by atoms with Gasteiger partial charge in [-0.2, -0.15) is 0 Å². The van der Waals surface area contributed by atoms with Gasteiger partial charge in [0.15, 0.2) is 0 Å². The molecule has 2 rings (SSSR count). The third-order valence-electron chi connectivity index (χ3n) is 2.51. The van der Waals surface area contributed by atoms with Crippen LogP contribution in [0.2, 0.25) is 5.02 Å². The number of halogens is 3. The molecule has 0 saturated heterocycles. The molecule has 0 unspecified atom stereocenters. The number of rotatable bonds is 3. The summed E-state index contributed by atoms with van der Waals surface area (Å²) in [7, 11) is 0. The Balaban J connectivity index is 2.20. The van der Waals surface area contributed by atoms with Crippen molar-refractivity contribution in [3.63, 3.8) is 0 Å². The molecular weight excluding hydrogens is 288 g/mol. The molecule has 0 saturated carbocycles. The van der Waals surface area contributed by atoms with Gasteiger partial charge in [0.05, 0.1) is 5.56 Å². The smallest absolute Gasteiger partial charge is 0.258 e. The third-order valence-corrected chi connectivity index (χ3v) is 3.06. The predicted molar refractivity (Wildman–Crippen MR) is 75.4 cm³/mol. The molecule has 5 heteroatoms. The van der Waals surface area contributed by atoms with E-state index in [1.807, 2.05) is 6.07 Å². The van der Waals surface area contributed by atoms with Crippen molar-refractivity contribution in [3.05, 3.63) is 64.4 Å². The van der Waals surface area contributed by atoms with Crippen LogP contribution in [0.1, 0.15) is 15.9 Å². The van der Waals surface area contributed by atoms with Crippen molar-refractivity contribution in [2.75, 3.05) is 5.32 Å². The first-order chi connectivity index (χ1) is 9.10. The number of carbonyl (C=O) groups excluding carboxylic acids is 1. The second-order valence-corrected chi connectivity index (χ2v) is 4.62. The number of nitrogens with one attached hydrogen (secondary N) is 1. The fraction of sp³-hybridized carbons (Fsp3) is 0.0714. The zero-order valence-electron chi connectivity index (χ0n) is 9.79. The van der Waals surface area contributed by atoms with Gasteiger partial charge in [-0.3, -0.25) is 4.79 Å². The molecule has 1 amide bonds. The number of hydrogen-bond acceptors (Lipinski definition) is 1. The fourth-order valence-electron chi connectivity index (χ4n) is 1.60. The zero-order valence-corrected chi connectivity index (χ0v) is 11.3. The van der Waals surface area contributed by atoms with Crippen LogP contribution >= 0.6 is 23.2 Å². The summed E-state index contributed by atoms with van der Waals surface area (Å²) in [5.74, 6) is -0.835. The minimum atomic E-state index is -0.654. The first-order valence-electron chi connectivity index (χ1n) is 5.51. The topological polar surface area (TPSA) is 29.1 Å². The second-order valence-electron chi connectivity index (χ2n) is 3.91. The molecule has 0 aliphatic rings. The standard InChI is InChI=1S/C14H10Cl2FNO/c15-8-9-2-1-3-11(6-9)18-14(19)12-5-4-10(16)7-13(12)17/h1-7H,8H2,(H,18,19). The zero-order chi connectivity index (χ0) is 13.8. The Morgan fingerprint density at radius 2 is 2.00 bits per heavy atom. The maximum atomic E-state index is 13.6. The summed E-state index contributed by atoms with van der Waals surface area (Å²) in [5, 5.41) is 2.86. The van der Waals surface area contributed by atoms with Gasteiger partial charge in [-0.1, -0.05) is 23.7 Å². The van der Waals surface area contributed by atoms with Gasteiger partial charge < -0.3 is 5.32 Å². The third kappa shape index (κ3) is 3.46. The van der Waals surface area contributed by atoms with Crippen molar-refractivity contribution in [2.24, 2.45) is 0 Å². The van der Waals surface area contributed by atoms with Crippen molar-refractivity contribution in [3.8, 4) is 0 Å². The number of amides is 1. The molecule has 19 heavy (non-hydrogen) atoms. The molecule has 0 aliphatic carbocycles. The van der Waals surface area contributed by atoms with Gasteiger partial charge in [-0.15, -0.1) is 11.6 Å². The van der Waals surface area contributed by atoms with Gasteiger partial charge in [0.1, 0.15) is 5.82 Å². The van der Waals surface area contributed by atoms with E-state index in [0.717, 1.165) is 11.6 Å². The lowest BCUT2D eigenvalue weighted by Gasteiger charge is -2.07. The van der Waals surface area contributed by atoms with Crippen molar-refractivity contribution in [1.29, 1.82) is 0 Å². The SMILES string of the molecule is O=C(Nc1cccc(CCl)c1)c1ccc(Cl)cc1F. The quantitative estimate of drug-likeness (QED) is 0.832. The van der Waals surface area contributed by atoms with E-state index in [1.54, 1.807) is 18.2 Å². The molecule has 0 aromatic heterocycles. The summed E-state index contributed by atoms with van der Waals surface area (Å²) < 4.78 is 13.6. The highest BCUT2D eigenvalue weighted by Crippen LogP contribution is 2.17. The Kier molecular flexibility index (Phi) is 4.40. The minimum Gasteiger partial charge on any atom is -0.322 e. The molecule has 98 valence electrons. The van der Waals surface area contributed by atoms with Crippen LogP contribution in [0.15, 0.2) is 42.5 Å². The van der Waals surface area contributed by atoms with Crippen molar-refractivity contribution >= 4 is 34.8 Å². The molecule has 2 nitrogen and oxygen atoms in total. The summed E-state index contributed by atoms with van der Waals surface area (Å²) in [4.78, 5) is 11.9. The molecule has 0 atom stereocenters. The van der Waals surface area contributed by atoms with Crippen molar-refractivity contribution in [2.45, 2.75) is 5.88 Å². The molecular formula is C14H10Cl2FNO. The van der Waals surface area contributed by atoms with Gasteiger partial charge >= 0.3 is 0 Å². The van der Waals surface area contributed by atoms with E-state index in [2.05, 4.69) is 5.32 Å². The van der Waals surface area contributed by atoms with E-state index in [4.69, 9.17) is 23.2 Å². The summed E-state index contributed by atoms with van der Waals surface area (Å²) in [5.41, 5.74) is 1.38. The molecule has 2 aromatic rings. The Morgan fingerprint density at radius 3 is 2.68 bits per heavy atom. The molecule has 0 spiro atoms. The van der Waals surface area contributed by atoms with Crippen LogP contribution in [0.3, 0.4) is 0 Å². The van der Waals surface area contributed by atoms with Gasteiger partial charge in [-0.25, -0.2) is 4.39 Å². The van der Waals surface area contributed by atoms with Gasteiger partial charge in [0, 0.05) is 16.6 Å². The van der Waals surface area contributed by atoms with Crippen LogP contribution < -0.4 is 5.32 Å². The Bertz CT molecular complexity index is 616. The summed E-state index contributed by atoms with van der Waals surface area (Å²) in [6.45, 7) is 0. The molecule has 2 aromatic carbocycles. The van der Waals surface area contributed by atoms with E-state index in [0.29, 0.717) is 11.6 Å². The molecule has 0 fully saturated rings. The van der Waals surface area contributed by atoms with E-state index < -0.39 is 11.7 Å². The van der Waals surface area contributed by atoms with Crippen LogP contribution in [0.25, 0.3) is 0 Å². The van der Waals surface area contributed by atoms with E-state index in [-0.39, 0.29) is 10.6 Å². The van der Waals surface area contributed by atoms with Crippen LogP contribution in [-0.2, 0) is 5.88 Å². The highest BCUT2D eigenvalue weighted by Gasteiger charge is 2.12. The van der Waals surface area contributed by atoms with E-state index >= 15 is 0 Å². The second kappa shape index (κ2) is 6.04. The van der Waals surface area contributed by atoms with Crippen molar-refractivity contribution < 1.29 is 9.18 Å². The average molecular weight is 298 g/mol. The molecule has 1 N–H and O–H groups in total. The first kappa shape index (κ1) is 13.8. The van der Waals surface area contributed by atoms with Crippen LogP contribution in [-0.4, -0.2) is 5.91 Å². The highest BCUT2D eigenvalue weighted by atomic mass is 35.5. The number of carbonyl (C=O) groups is 1.